The van der Waals surface area contributed by atoms with Gasteiger partial charge in [0.05, 0.1) is 5.56 Å². The van der Waals surface area contributed by atoms with Crippen LogP contribution in [-0.4, -0.2) is 23.2 Å². The van der Waals surface area contributed by atoms with Crippen LogP contribution in [0.15, 0.2) is 12.1 Å². The number of alkyl halides is 2. The smallest absolute Gasteiger partial charge is 0.386 e. The summed E-state index contributed by atoms with van der Waals surface area (Å²) in [4.78, 5) is 25.2. The van der Waals surface area contributed by atoms with Gasteiger partial charge in [-0.15, -0.1) is 0 Å². The Labute approximate surface area is 86.8 Å². The van der Waals surface area contributed by atoms with E-state index in [1.165, 1.54) is 0 Å². The lowest BCUT2D eigenvalue weighted by atomic mass is 10.2. The molecule has 1 rings (SSSR count). The Bertz CT molecular complexity index is 417. The topological polar surface area (TPSA) is 60.7 Å². The van der Waals surface area contributed by atoms with Crippen LogP contribution in [-0.2, 0) is 5.55 Å². The molecule has 3 N–H and O–H groups in total. The van der Waals surface area contributed by atoms with Gasteiger partial charge in [-0.1, -0.05) is 0 Å². The summed E-state index contributed by atoms with van der Waals surface area (Å²) in [5.74, 6) is -6.17. The Balaban J connectivity index is 3.41. The summed E-state index contributed by atoms with van der Waals surface area (Å²) in [5.41, 5.74) is -6.59. The Hall–Kier alpha value is -1.03. The van der Waals surface area contributed by atoms with Gasteiger partial charge < -0.3 is 14.4 Å². The summed E-state index contributed by atoms with van der Waals surface area (Å²) < 4.78 is 63.9. The maximum atomic E-state index is 13.0. The van der Waals surface area contributed by atoms with E-state index in [-0.39, 0.29) is 12.1 Å². The summed E-state index contributed by atoms with van der Waals surface area (Å²) in [7, 11) is -6.06. The Morgan fingerprint density at radius 2 is 1.44 bits per heavy atom. The van der Waals surface area contributed by atoms with Crippen molar-refractivity contribution < 1.29 is 36.3 Å². The average molecular weight is 260 g/mol. The van der Waals surface area contributed by atoms with Gasteiger partial charge in [-0.2, -0.15) is 8.78 Å². The highest BCUT2D eigenvalue weighted by Gasteiger charge is 2.60. The molecule has 0 saturated heterocycles. The van der Waals surface area contributed by atoms with E-state index in [4.69, 9.17) is 14.4 Å². The van der Waals surface area contributed by atoms with Crippen LogP contribution >= 0.6 is 0 Å². The van der Waals surface area contributed by atoms with Crippen LogP contribution in [0.25, 0.3) is 0 Å². The largest absolute Gasteiger partial charge is 0.571 e. The summed E-state index contributed by atoms with van der Waals surface area (Å²) in [6.07, 6.45) is 0. The van der Waals surface area contributed by atoms with Crippen molar-refractivity contribution in [3.63, 3.8) is 0 Å². The fourth-order valence-corrected chi connectivity index (χ4v) is 1.50. The van der Waals surface area contributed by atoms with E-state index in [0.29, 0.717) is 0 Å². The molecule has 0 saturated carbocycles. The molecule has 3 nitrogen and oxygen atoms in total. The Morgan fingerprint density at radius 3 is 1.88 bits per heavy atom. The fourth-order valence-electron chi connectivity index (χ4n) is 0.949. The number of benzene rings is 1. The zero-order chi connectivity index (χ0) is 12.7. The molecular formula is C7H5F5O3Si. The van der Waals surface area contributed by atoms with Crippen molar-refractivity contribution in [3.8, 4) is 0 Å². The molecule has 9 heteroatoms. The lowest BCUT2D eigenvalue weighted by molar-refractivity contribution is -0.00939. The van der Waals surface area contributed by atoms with E-state index in [1.54, 1.807) is 0 Å². The van der Waals surface area contributed by atoms with Gasteiger partial charge in [0, 0.05) is 0 Å². The van der Waals surface area contributed by atoms with Gasteiger partial charge in [0.25, 0.3) is 0 Å². The predicted octanol–water partition coefficient (Wildman–Crippen LogP) is 0.651. The SMILES string of the molecule is O[Si](O)(O)C(F)(F)c1ccc(F)c(F)c1F. The second-order valence-corrected chi connectivity index (χ2v) is 4.83. The van der Waals surface area contributed by atoms with Gasteiger partial charge in [-0.3, -0.25) is 0 Å². The third-order valence-corrected chi connectivity index (χ3v) is 2.91. The normalized spacial score (nSPS) is 13.0. The molecule has 0 heterocycles. The summed E-state index contributed by atoms with van der Waals surface area (Å²) in [6, 6.07) is 0.306. The number of halogens is 5. The Morgan fingerprint density at radius 1 is 0.938 bits per heavy atom. The van der Waals surface area contributed by atoms with Crippen molar-refractivity contribution in [1.82, 2.24) is 0 Å². The zero-order valence-corrected chi connectivity index (χ0v) is 8.39. The van der Waals surface area contributed by atoms with Crippen molar-refractivity contribution in [2.24, 2.45) is 0 Å². The molecule has 0 aromatic heterocycles. The molecule has 0 fully saturated rings. The highest BCUT2D eigenvalue weighted by Crippen LogP contribution is 2.35. The molecule has 0 unspecified atom stereocenters. The first-order valence-corrected chi connectivity index (χ1v) is 5.62. The van der Waals surface area contributed by atoms with Crippen molar-refractivity contribution >= 4 is 8.80 Å². The van der Waals surface area contributed by atoms with Crippen LogP contribution in [0.4, 0.5) is 22.0 Å². The van der Waals surface area contributed by atoms with Crippen molar-refractivity contribution in [1.29, 1.82) is 0 Å². The molecule has 90 valence electrons. The summed E-state index contributed by atoms with van der Waals surface area (Å²) in [6.45, 7) is 0. The van der Waals surface area contributed by atoms with E-state index < -0.39 is 37.4 Å². The predicted molar refractivity (Wildman–Crippen MR) is 42.6 cm³/mol. The van der Waals surface area contributed by atoms with Crippen LogP contribution in [0.2, 0.25) is 0 Å². The third-order valence-electron chi connectivity index (χ3n) is 1.79. The minimum Gasteiger partial charge on any atom is -0.386 e. The summed E-state index contributed by atoms with van der Waals surface area (Å²) in [5, 5.41) is 0. The van der Waals surface area contributed by atoms with Gasteiger partial charge >= 0.3 is 14.4 Å². The van der Waals surface area contributed by atoms with E-state index in [2.05, 4.69) is 0 Å². The molecule has 0 atom stereocenters. The van der Waals surface area contributed by atoms with E-state index in [0.717, 1.165) is 0 Å². The molecular weight excluding hydrogens is 255 g/mol. The lowest BCUT2D eigenvalue weighted by Gasteiger charge is -2.22. The Kier molecular flexibility index (Phi) is 3.07. The molecule has 0 radical (unpaired) electrons. The number of hydrogen-bond acceptors (Lipinski definition) is 3. The standard InChI is InChI=1S/C7H5F5O3Si/c8-4-2-1-3(5(9)6(4)10)7(11,12)16(13,14)15/h1-2,13-15H. The maximum Gasteiger partial charge on any atom is 0.571 e. The minimum atomic E-state index is -6.06. The first kappa shape index (κ1) is 13.0. The van der Waals surface area contributed by atoms with E-state index in [9.17, 15) is 22.0 Å². The van der Waals surface area contributed by atoms with Gasteiger partial charge in [-0.05, 0) is 12.1 Å². The van der Waals surface area contributed by atoms with Crippen LogP contribution in [0.3, 0.4) is 0 Å². The van der Waals surface area contributed by atoms with Crippen LogP contribution < -0.4 is 0 Å². The number of rotatable bonds is 2. The molecule has 0 amide bonds. The molecule has 1 aromatic rings. The second kappa shape index (κ2) is 3.77. The zero-order valence-electron chi connectivity index (χ0n) is 7.39. The van der Waals surface area contributed by atoms with E-state index >= 15 is 0 Å². The molecule has 1 aromatic carbocycles. The van der Waals surface area contributed by atoms with Gasteiger partial charge in [0.15, 0.2) is 17.5 Å². The van der Waals surface area contributed by atoms with Crippen LogP contribution in [0, 0.1) is 17.5 Å². The molecule has 0 aliphatic carbocycles. The minimum absolute atomic E-state index is 0.123. The van der Waals surface area contributed by atoms with Gasteiger partial charge in [0.1, 0.15) is 0 Å². The molecule has 0 aliphatic heterocycles. The van der Waals surface area contributed by atoms with Crippen molar-refractivity contribution in [2.45, 2.75) is 5.55 Å². The summed E-state index contributed by atoms with van der Waals surface area (Å²) >= 11 is 0. The highest BCUT2D eigenvalue weighted by atomic mass is 28.4. The van der Waals surface area contributed by atoms with Gasteiger partial charge in [-0.25, -0.2) is 13.2 Å². The average Bonchev–Trinajstić information content (AvgIpc) is 2.12. The van der Waals surface area contributed by atoms with E-state index in [1.807, 2.05) is 0 Å². The lowest BCUT2D eigenvalue weighted by Crippen LogP contribution is -2.52. The van der Waals surface area contributed by atoms with Gasteiger partial charge in [0.2, 0.25) is 0 Å². The molecule has 0 bridgehead atoms. The third kappa shape index (κ3) is 1.94. The van der Waals surface area contributed by atoms with Crippen LogP contribution in [0.5, 0.6) is 0 Å². The monoisotopic (exact) mass is 260 g/mol. The number of hydrogen-bond donors (Lipinski definition) is 3. The first-order chi connectivity index (χ1) is 7.09. The first-order valence-electron chi connectivity index (χ1n) is 3.78. The highest BCUT2D eigenvalue weighted by molar-refractivity contribution is 6.58. The molecule has 0 spiro atoms. The quantitative estimate of drug-likeness (QED) is 0.416. The van der Waals surface area contributed by atoms with Crippen molar-refractivity contribution in [3.05, 3.63) is 35.1 Å². The maximum absolute atomic E-state index is 13.0. The molecule has 16 heavy (non-hydrogen) atoms. The second-order valence-electron chi connectivity index (χ2n) is 2.93. The van der Waals surface area contributed by atoms with Crippen molar-refractivity contribution in [2.75, 3.05) is 0 Å². The van der Waals surface area contributed by atoms with Crippen LogP contribution in [0.1, 0.15) is 5.56 Å². The molecule has 0 aliphatic rings. The fraction of sp³-hybridized carbons (Fsp3) is 0.143.